The lowest BCUT2D eigenvalue weighted by Crippen LogP contribution is -2.39. The van der Waals surface area contributed by atoms with Crippen LogP contribution in [0.1, 0.15) is 47.2 Å². The first-order valence-electron chi connectivity index (χ1n) is 7.82. The van der Waals surface area contributed by atoms with Gasteiger partial charge in [0.25, 0.3) is 0 Å². The molecule has 1 aliphatic rings. The molecular weight excluding hydrogens is 274 g/mol. The number of nitrogens with one attached hydrogen (secondary N) is 1. The fraction of sp³-hybridized carbons (Fsp3) is 0.316. The normalized spacial score (nSPS) is 16.5. The number of rotatable bonds is 5. The third kappa shape index (κ3) is 3.04. The second kappa shape index (κ2) is 6.32. The maximum Gasteiger partial charge on any atom is 0.335 e. The topological polar surface area (TPSA) is 49.3 Å². The van der Waals surface area contributed by atoms with Crippen LogP contribution in [-0.4, -0.2) is 11.1 Å². The molecule has 2 aromatic rings. The number of carboxylic acid groups (broad SMARTS) is 1. The summed E-state index contributed by atoms with van der Waals surface area (Å²) >= 11 is 0. The number of carboxylic acids is 1. The predicted molar refractivity (Wildman–Crippen MR) is 86.8 cm³/mol. The fourth-order valence-corrected chi connectivity index (χ4v) is 3.39. The van der Waals surface area contributed by atoms with Crippen molar-refractivity contribution in [1.29, 1.82) is 0 Å². The fourth-order valence-electron chi connectivity index (χ4n) is 3.39. The quantitative estimate of drug-likeness (QED) is 0.878. The van der Waals surface area contributed by atoms with Gasteiger partial charge in [0.2, 0.25) is 0 Å². The van der Waals surface area contributed by atoms with Crippen molar-refractivity contribution in [1.82, 2.24) is 5.32 Å². The molecule has 22 heavy (non-hydrogen) atoms. The number of hydrogen-bond acceptors (Lipinski definition) is 2. The zero-order chi connectivity index (χ0) is 15.4. The number of benzene rings is 2. The SMILES string of the molecule is O=C(O)c1cccc(CNC2(c3ccccc3)CCCC2)c1. The molecule has 2 N–H and O–H groups in total. The average Bonchev–Trinajstić information content (AvgIpc) is 3.04. The van der Waals surface area contributed by atoms with Crippen LogP contribution in [0.25, 0.3) is 0 Å². The van der Waals surface area contributed by atoms with Gasteiger partial charge in [-0.1, -0.05) is 55.3 Å². The highest BCUT2D eigenvalue weighted by Gasteiger charge is 2.34. The van der Waals surface area contributed by atoms with Crippen molar-refractivity contribution in [3.8, 4) is 0 Å². The maximum atomic E-state index is 11.1. The minimum Gasteiger partial charge on any atom is -0.478 e. The summed E-state index contributed by atoms with van der Waals surface area (Å²) in [6.07, 6.45) is 4.74. The summed E-state index contributed by atoms with van der Waals surface area (Å²) in [4.78, 5) is 11.1. The molecule has 0 spiro atoms. The highest BCUT2D eigenvalue weighted by Crippen LogP contribution is 2.38. The molecule has 1 fully saturated rings. The van der Waals surface area contributed by atoms with E-state index in [1.54, 1.807) is 12.1 Å². The minimum absolute atomic E-state index is 0.0283. The number of hydrogen-bond donors (Lipinski definition) is 2. The van der Waals surface area contributed by atoms with Gasteiger partial charge in [0.15, 0.2) is 0 Å². The molecule has 0 heterocycles. The first kappa shape index (κ1) is 14.8. The Bertz CT molecular complexity index is 645. The molecule has 0 saturated heterocycles. The van der Waals surface area contributed by atoms with Gasteiger partial charge in [-0.2, -0.15) is 0 Å². The second-order valence-corrected chi connectivity index (χ2v) is 6.01. The lowest BCUT2D eigenvalue weighted by atomic mass is 9.88. The van der Waals surface area contributed by atoms with E-state index in [4.69, 9.17) is 5.11 Å². The molecule has 0 radical (unpaired) electrons. The van der Waals surface area contributed by atoms with E-state index in [1.165, 1.54) is 18.4 Å². The first-order chi connectivity index (χ1) is 10.7. The third-order valence-corrected chi connectivity index (χ3v) is 4.59. The summed E-state index contributed by atoms with van der Waals surface area (Å²) in [5, 5.41) is 12.8. The molecule has 114 valence electrons. The van der Waals surface area contributed by atoms with Gasteiger partial charge in [-0.3, -0.25) is 0 Å². The molecular formula is C19H21NO2. The Morgan fingerprint density at radius 3 is 2.45 bits per heavy atom. The number of carbonyl (C=O) groups is 1. The highest BCUT2D eigenvalue weighted by molar-refractivity contribution is 5.87. The molecule has 0 bridgehead atoms. The van der Waals surface area contributed by atoms with Crippen molar-refractivity contribution in [2.24, 2.45) is 0 Å². The molecule has 0 amide bonds. The van der Waals surface area contributed by atoms with Gasteiger partial charge in [-0.05, 0) is 36.1 Å². The average molecular weight is 295 g/mol. The van der Waals surface area contributed by atoms with Crippen molar-refractivity contribution < 1.29 is 9.90 Å². The predicted octanol–water partition coefficient (Wildman–Crippen LogP) is 3.94. The molecule has 0 aromatic heterocycles. The van der Waals surface area contributed by atoms with Gasteiger partial charge in [0.1, 0.15) is 0 Å². The summed E-state index contributed by atoms with van der Waals surface area (Å²) < 4.78 is 0. The Labute approximate surface area is 131 Å². The lowest BCUT2D eigenvalue weighted by molar-refractivity contribution is 0.0696. The van der Waals surface area contributed by atoms with Gasteiger partial charge < -0.3 is 10.4 Å². The lowest BCUT2D eigenvalue weighted by Gasteiger charge is -2.31. The maximum absolute atomic E-state index is 11.1. The summed E-state index contributed by atoms with van der Waals surface area (Å²) in [5.74, 6) is -0.875. The Morgan fingerprint density at radius 2 is 1.77 bits per heavy atom. The van der Waals surface area contributed by atoms with Crippen LogP contribution >= 0.6 is 0 Å². The second-order valence-electron chi connectivity index (χ2n) is 6.01. The Morgan fingerprint density at radius 1 is 1.05 bits per heavy atom. The van der Waals surface area contributed by atoms with E-state index in [9.17, 15) is 4.79 Å². The van der Waals surface area contributed by atoms with Gasteiger partial charge >= 0.3 is 5.97 Å². The molecule has 3 heteroatoms. The monoisotopic (exact) mass is 295 g/mol. The van der Waals surface area contributed by atoms with Gasteiger partial charge in [-0.25, -0.2) is 4.79 Å². The van der Waals surface area contributed by atoms with E-state index in [2.05, 4.69) is 29.6 Å². The van der Waals surface area contributed by atoms with Crippen LogP contribution in [0.15, 0.2) is 54.6 Å². The van der Waals surface area contributed by atoms with Crippen LogP contribution in [0, 0.1) is 0 Å². The Hall–Kier alpha value is -2.13. The molecule has 3 nitrogen and oxygen atoms in total. The molecule has 3 rings (SSSR count). The van der Waals surface area contributed by atoms with Crippen LogP contribution in [-0.2, 0) is 12.1 Å². The van der Waals surface area contributed by atoms with E-state index in [1.807, 2.05) is 18.2 Å². The van der Waals surface area contributed by atoms with Crippen molar-refractivity contribution in [3.63, 3.8) is 0 Å². The first-order valence-corrected chi connectivity index (χ1v) is 7.82. The van der Waals surface area contributed by atoms with Crippen molar-refractivity contribution in [2.45, 2.75) is 37.8 Å². The van der Waals surface area contributed by atoms with Gasteiger partial charge in [0, 0.05) is 12.1 Å². The molecule has 2 aromatic carbocycles. The third-order valence-electron chi connectivity index (χ3n) is 4.59. The zero-order valence-corrected chi connectivity index (χ0v) is 12.6. The van der Waals surface area contributed by atoms with E-state index in [-0.39, 0.29) is 5.54 Å². The summed E-state index contributed by atoms with van der Waals surface area (Å²) in [7, 11) is 0. The number of aromatic carboxylic acids is 1. The van der Waals surface area contributed by atoms with Crippen LogP contribution < -0.4 is 5.32 Å². The minimum atomic E-state index is -0.875. The van der Waals surface area contributed by atoms with Crippen LogP contribution in [0.5, 0.6) is 0 Å². The largest absolute Gasteiger partial charge is 0.478 e. The summed E-state index contributed by atoms with van der Waals surface area (Å²) in [5.41, 5.74) is 2.73. The van der Waals surface area contributed by atoms with Crippen LogP contribution in [0.2, 0.25) is 0 Å². The zero-order valence-electron chi connectivity index (χ0n) is 12.6. The molecule has 1 saturated carbocycles. The standard InChI is InChI=1S/C19H21NO2/c21-18(22)16-8-6-7-15(13-16)14-20-19(11-4-5-12-19)17-9-2-1-3-10-17/h1-3,6-10,13,20H,4-5,11-12,14H2,(H,21,22). The molecule has 1 aliphatic carbocycles. The smallest absolute Gasteiger partial charge is 0.335 e. The highest BCUT2D eigenvalue weighted by atomic mass is 16.4. The van der Waals surface area contributed by atoms with Crippen LogP contribution in [0.4, 0.5) is 0 Å². The molecule has 0 unspecified atom stereocenters. The van der Waals surface area contributed by atoms with Gasteiger partial charge in [0.05, 0.1) is 5.56 Å². The van der Waals surface area contributed by atoms with Crippen LogP contribution in [0.3, 0.4) is 0 Å². The molecule has 0 aliphatic heterocycles. The van der Waals surface area contributed by atoms with Crippen molar-refractivity contribution >= 4 is 5.97 Å². The van der Waals surface area contributed by atoms with E-state index in [0.29, 0.717) is 12.1 Å². The summed E-state index contributed by atoms with van der Waals surface area (Å²) in [6.45, 7) is 0.690. The van der Waals surface area contributed by atoms with Gasteiger partial charge in [-0.15, -0.1) is 0 Å². The Kier molecular flexibility index (Phi) is 4.25. The molecule has 0 atom stereocenters. The van der Waals surface area contributed by atoms with E-state index < -0.39 is 5.97 Å². The van der Waals surface area contributed by atoms with Crippen molar-refractivity contribution in [2.75, 3.05) is 0 Å². The van der Waals surface area contributed by atoms with E-state index >= 15 is 0 Å². The Balaban J connectivity index is 1.78. The van der Waals surface area contributed by atoms with Crippen molar-refractivity contribution in [3.05, 3.63) is 71.3 Å². The summed E-state index contributed by atoms with van der Waals surface area (Å²) in [6, 6.07) is 17.8. The van der Waals surface area contributed by atoms with E-state index in [0.717, 1.165) is 18.4 Å².